The van der Waals surface area contributed by atoms with Gasteiger partial charge in [0, 0.05) is 0 Å². The Kier molecular flexibility index (Phi) is 12.8. The summed E-state index contributed by atoms with van der Waals surface area (Å²) in [6.45, 7) is 8.74. The van der Waals surface area contributed by atoms with Crippen LogP contribution in [0.4, 0.5) is 0 Å². The van der Waals surface area contributed by atoms with Crippen molar-refractivity contribution < 1.29 is 10.2 Å². The van der Waals surface area contributed by atoms with Gasteiger partial charge in [0.25, 0.3) is 0 Å². The van der Waals surface area contributed by atoms with Gasteiger partial charge >= 0.3 is 0 Å². The van der Waals surface area contributed by atoms with Gasteiger partial charge in [-0.1, -0.05) is 41.0 Å². The summed E-state index contributed by atoms with van der Waals surface area (Å²) in [6, 6.07) is 0. The zero-order valence-corrected chi connectivity index (χ0v) is 14.9. The van der Waals surface area contributed by atoms with Crippen LogP contribution in [0.15, 0.2) is 46.6 Å². The van der Waals surface area contributed by atoms with E-state index in [-0.39, 0.29) is 13.2 Å². The highest BCUT2D eigenvalue weighted by atomic mass is 16.3. The Balaban J connectivity index is 4.12. The van der Waals surface area contributed by atoms with Crippen LogP contribution in [0.3, 0.4) is 0 Å². The third-order valence-corrected chi connectivity index (χ3v) is 3.66. The minimum atomic E-state index is 0.110. The Bertz CT molecular complexity index is 407. The van der Waals surface area contributed by atoms with E-state index in [0.717, 1.165) is 44.1 Å². The largest absolute Gasteiger partial charge is 0.392 e. The third kappa shape index (κ3) is 12.6. The van der Waals surface area contributed by atoms with Crippen LogP contribution >= 0.6 is 0 Å². The maximum atomic E-state index is 9.41. The predicted molar refractivity (Wildman–Crippen MR) is 96.9 cm³/mol. The molecule has 0 fully saturated rings. The van der Waals surface area contributed by atoms with Crippen molar-refractivity contribution in [3.05, 3.63) is 46.6 Å². The number of aliphatic hydroxyl groups excluding tert-OH is 2. The van der Waals surface area contributed by atoms with Gasteiger partial charge in [0.15, 0.2) is 0 Å². The average molecular weight is 306 g/mol. The first kappa shape index (κ1) is 20.9. The molecule has 0 heterocycles. The molecular weight excluding hydrogens is 272 g/mol. The summed E-state index contributed by atoms with van der Waals surface area (Å²) in [5, 5.41) is 18.2. The van der Waals surface area contributed by atoms with E-state index in [1.54, 1.807) is 0 Å². The molecule has 0 unspecified atom stereocenters. The van der Waals surface area contributed by atoms with Gasteiger partial charge in [-0.25, -0.2) is 0 Å². The fourth-order valence-electron chi connectivity index (χ4n) is 2.20. The molecule has 2 N–H and O–H groups in total. The first-order chi connectivity index (χ1) is 10.5. The molecule has 0 saturated carbocycles. The zero-order valence-electron chi connectivity index (χ0n) is 14.9. The molecule has 0 aromatic heterocycles. The van der Waals surface area contributed by atoms with Gasteiger partial charge in [0.2, 0.25) is 0 Å². The number of aliphatic hydroxyl groups is 2. The van der Waals surface area contributed by atoms with Crippen LogP contribution < -0.4 is 0 Å². The van der Waals surface area contributed by atoms with E-state index in [1.165, 1.54) is 16.7 Å². The molecule has 2 heteroatoms. The van der Waals surface area contributed by atoms with Gasteiger partial charge in [0.1, 0.15) is 0 Å². The van der Waals surface area contributed by atoms with Gasteiger partial charge in [-0.2, -0.15) is 0 Å². The highest BCUT2D eigenvalue weighted by Crippen LogP contribution is 2.13. The molecule has 0 aliphatic rings. The normalized spacial score (nSPS) is 13.5. The Morgan fingerprint density at radius 2 is 1.23 bits per heavy atom. The highest BCUT2D eigenvalue weighted by Gasteiger charge is 1.96. The molecule has 0 atom stereocenters. The zero-order chi connectivity index (χ0) is 16.8. The van der Waals surface area contributed by atoms with Crippen molar-refractivity contribution in [2.24, 2.45) is 0 Å². The van der Waals surface area contributed by atoms with Crippen molar-refractivity contribution in [2.75, 3.05) is 13.2 Å². The van der Waals surface area contributed by atoms with Crippen LogP contribution in [-0.4, -0.2) is 23.4 Å². The van der Waals surface area contributed by atoms with Crippen LogP contribution in [0, 0.1) is 0 Å². The van der Waals surface area contributed by atoms with Crippen LogP contribution in [0.2, 0.25) is 0 Å². The molecule has 2 nitrogen and oxygen atoms in total. The SMILES string of the molecule is CC(C)=CCC/C(C)=C/CCC(=CCC/C(C)=C/CO)CO. The molecule has 0 radical (unpaired) electrons. The van der Waals surface area contributed by atoms with Gasteiger partial charge < -0.3 is 10.2 Å². The van der Waals surface area contributed by atoms with E-state index in [1.807, 2.05) is 13.0 Å². The molecule has 0 bridgehead atoms. The third-order valence-electron chi connectivity index (χ3n) is 3.66. The molecule has 0 aliphatic heterocycles. The van der Waals surface area contributed by atoms with Crippen LogP contribution in [0.1, 0.15) is 66.2 Å². The summed E-state index contributed by atoms with van der Waals surface area (Å²) in [5.74, 6) is 0. The van der Waals surface area contributed by atoms with Crippen molar-refractivity contribution in [1.29, 1.82) is 0 Å². The smallest absolute Gasteiger partial charge is 0.0641 e. The number of hydrogen-bond donors (Lipinski definition) is 2. The lowest BCUT2D eigenvalue weighted by Gasteiger charge is -2.04. The fraction of sp³-hybridized carbons (Fsp3) is 0.600. The van der Waals surface area contributed by atoms with Gasteiger partial charge in [-0.05, 0) is 71.8 Å². The Morgan fingerprint density at radius 3 is 1.77 bits per heavy atom. The van der Waals surface area contributed by atoms with Crippen molar-refractivity contribution in [2.45, 2.75) is 66.2 Å². The second-order valence-corrected chi connectivity index (χ2v) is 6.20. The molecule has 22 heavy (non-hydrogen) atoms. The molecule has 0 rings (SSSR count). The van der Waals surface area contributed by atoms with Gasteiger partial charge in [-0.3, -0.25) is 0 Å². The number of hydrogen-bond acceptors (Lipinski definition) is 2. The number of rotatable bonds is 11. The molecular formula is C20H34O2. The van der Waals surface area contributed by atoms with Gasteiger partial charge in [0.05, 0.1) is 13.2 Å². The minimum absolute atomic E-state index is 0.110. The molecule has 0 amide bonds. The molecule has 0 saturated heterocycles. The van der Waals surface area contributed by atoms with Crippen molar-refractivity contribution >= 4 is 0 Å². The molecule has 126 valence electrons. The summed E-state index contributed by atoms with van der Waals surface area (Å²) in [7, 11) is 0. The molecule has 0 spiro atoms. The maximum absolute atomic E-state index is 9.41. The van der Waals surface area contributed by atoms with Crippen LogP contribution in [0.25, 0.3) is 0 Å². The van der Waals surface area contributed by atoms with Crippen molar-refractivity contribution in [3.63, 3.8) is 0 Å². The first-order valence-electron chi connectivity index (χ1n) is 8.33. The molecule has 0 aromatic rings. The van der Waals surface area contributed by atoms with E-state index in [0.29, 0.717) is 0 Å². The van der Waals surface area contributed by atoms with E-state index in [2.05, 4.69) is 39.0 Å². The summed E-state index contributed by atoms with van der Waals surface area (Å²) in [5.41, 5.74) is 5.12. The second-order valence-electron chi connectivity index (χ2n) is 6.20. The van der Waals surface area contributed by atoms with Crippen LogP contribution in [0.5, 0.6) is 0 Å². The average Bonchev–Trinajstić information content (AvgIpc) is 2.45. The highest BCUT2D eigenvalue weighted by molar-refractivity contribution is 5.08. The fourth-order valence-corrected chi connectivity index (χ4v) is 2.20. The molecule has 0 aliphatic carbocycles. The van der Waals surface area contributed by atoms with Crippen molar-refractivity contribution in [3.8, 4) is 0 Å². The quantitative estimate of drug-likeness (QED) is 0.522. The summed E-state index contributed by atoms with van der Waals surface area (Å²) in [6.07, 6.45) is 14.6. The second kappa shape index (κ2) is 13.5. The van der Waals surface area contributed by atoms with E-state index in [9.17, 15) is 5.11 Å². The van der Waals surface area contributed by atoms with Crippen molar-refractivity contribution in [1.82, 2.24) is 0 Å². The summed E-state index contributed by atoms with van der Waals surface area (Å²) < 4.78 is 0. The minimum Gasteiger partial charge on any atom is -0.392 e. The Hall–Kier alpha value is -1.12. The van der Waals surface area contributed by atoms with E-state index < -0.39 is 0 Å². The van der Waals surface area contributed by atoms with Gasteiger partial charge in [-0.15, -0.1) is 0 Å². The summed E-state index contributed by atoms with van der Waals surface area (Å²) in [4.78, 5) is 0. The topological polar surface area (TPSA) is 40.5 Å². The summed E-state index contributed by atoms with van der Waals surface area (Å²) >= 11 is 0. The lowest BCUT2D eigenvalue weighted by atomic mass is 10.0. The molecule has 0 aromatic carbocycles. The predicted octanol–water partition coefficient (Wildman–Crippen LogP) is 5.10. The Morgan fingerprint density at radius 1 is 0.682 bits per heavy atom. The lowest BCUT2D eigenvalue weighted by Crippen LogP contribution is -1.91. The van der Waals surface area contributed by atoms with Crippen LogP contribution in [-0.2, 0) is 0 Å². The standard InChI is InChI=1S/C20H34O2/c1-17(2)8-5-9-18(3)10-6-12-20(16-22)13-7-11-19(4)14-15-21/h8,10,13-14,21-22H,5-7,9,11-12,15-16H2,1-4H3/b18-10+,19-14+,20-13?. The lowest BCUT2D eigenvalue weighted by molar-refractivity contribution is 0.326. The Labute approximate surface area is 137 Å². The first-order valence-corrected chi connectivity index (χ1v) is 8.33. The maximum Gasteiger partial charge on any atom is 0.0641 e. The number of allylic oxidation sites excluding steroid dienone is 6. The van der Waals surface area contributed by atoms with E-state index in [4.69, 9.17) is 5.11 Å². The van der Waals surface area contributed by atoms with E-state index >= 15 is 0 Å². The monoisotopic (exact) mass is 306 g/mol.